The lowest BCUT2D eigenvalue weighted by atomic mass is 10.1. The lowest BCUT2D eigenvalue weighted by Crippen LogP contribution is -2.37. The normalized spacial score (nSPS) is 11.8. The van der Waals surface area contributed by atoms with E-state index in [0.717, 1.165) is 0 Å². The van der Waals surface area contributed by atoms with Crippen molar-refractivity contribution in [1.82, 2.24) is 0 Å². The van der Waals surface area contributed by atoms with E-state index >= 15 is 0 Å². The third kappa shape index (κ3) is 7.90. The van der Waals surface area contributed by atoms with Gasteiger partial charge in [-0.3, -0.25) is 0 Å². The second kappa shape index (κ2) is 5.05. The predicted molar refractivity (Wildman–Crippen MR) is 56.9 cm³/mol. The molecule has 0 aromatic carbocycles. The lowest BCUT2D eigenvalue weighted by Gasteiger charge is -2.24. The number of amides is 1. The molecular weight excluding hydrogens is 214 g/mol. The highest BCUT2D eigenvalue weighted by atomic mass is 16.7. The molecule has 0 aromatic rings. The highest BCUT2D eigenvalue weighted by Gasteiger charge is 2.26. The van der Waals surface area contributed by atoms with Crippen molar-refractivity contribution in [3.63, 3.8) is 0 Å². The summed E-state index contributed by atoms with van der Waals surface area (Å²) in [6.45, 7) is 8.19. The van der Waals surface area contributed by atoms with E-state index in [9.17, 15) is 9.59 Å². The quantitative estimate of drug-likeness (QED) is 0.751. The van der Waals surface area contributed by atoms with Crippen molar-refractivity contribution in [3.8, 4) is 0 Å². The average Bonchev–Trinajstić information content (AvgIpc) is 1.95. The summed E-state index contributed by atoms with van der Waals surface area (Å²) < 4.78 is 14.4. The summed E-state index contributed by atoms with van der Waals surface area (Å²) in [5.74, 6) is 0. The van der Waals surface area contributed by atoms with E-state index in [4.69, 9.17) is 19.9 Å². The fraction of sp³-hybridized carbons (Fsp3) is 0.800. The number of primary amides is 1. The summed E-state index contributed by atoms with van der Waals surface area (Å²) in [4.78, 5) is 21.7. The third-order valence-electron chi connectivity index (χ3n) is 1.30. The molecular formula is C10H19NO5. The van der Waals surface area contributed by atoms with Gasteiger partial charge in [0.25, 0.3) is 0 Å². The SMILES string of the molecule is CC(C)(C)OC(=O)OCC(C)(C)OC(N)=O. The molecule has 1 amide bonds. The van der Waals surface area contributed by atoms with Gasteiger partial charge < -0.3 is 19.9 Å². The summed E-state index contributed by atoms with van der Waals surface area (Å²) in [5, 5.41) is 0. The zero-order valence-corrected chi connectivity index (χ0v) is 10.3. The average molecular weight is 233 g/mol. The van der Waals surface area contributed by atoms with Gasteiger partial charge >= 0.3 is 12.2 Å². The number of carbonyl (C=O) groups excluding carboxylic acids is 2. The summed E-state index contributed by atoms with van der Waals surface area (Å²) >= 11 is 0. The summed E-state index contributed by atoms with van der Waals surface area (Å²) in [6, 6.07) is 0. The fourth-order valence-electron chi connectivity index (χ4n) is 0.814. The molecule has 0 saturated carbocycles. The minimum Gasteiger partial charge on any atom is -0.440 e. The Morgan fingerprint density at radius 1 is 1.06 bits per heavy atom. The molecule has 94 valence electrons. The molecule has 0 aliphatic rings. The van der Waals surface area contributed by atoms with Crippen LogP contribution in [-0.2, 0) is 14.2 Å². The minimum atomic E-state index is -0.970. The Kier molecular flexibility index (Phi) is 4.59. The van der Waals surface area contributed by atoms with E-state index in [-0.39, 0.29) is 6.61 Å². The molecule has 16 heavy (non-hydrogen) atoms. The van der Waals surface area contributed by atoms with E-state index < -0.39 is 23.5 Å². The molecule has 0 bridgehead atoms. The van der Waals surface area contributed by atoms with Crippen LogP contribution in [0.5, 0.6) is 0 Å². The van der Waals surface area contributed by atoms with Crippen molar-refractivity contribution >= 4 is 12.2 Å². The lowest BCUT2D eigenvalue weighted by molar-refractivity contribution is -0.0502. The van der Waals surface area contributed by atoms with Crippen molar-refractivity contribution < 1.29 is 23.8 Å². The van der Waals surface area contributed by atoms with Crippen molar-refractivity contribution in [2.24, 2.45) is 5.73 Å². The highest BCUT2D eigenvalue weighted by molar-refractivity contribution is 5.65. The fourth-order valence-corrected chi connectivity index (χ4v) is 0.814. The Hall–Kier alpha value is -1.46. The van der Waals surface area contributed by atoms with Gasteiger partial charge in [0, 0.05) is 0 Å². The molecule has 0 heterocycles. The van der Waals surface area contributed by atoms with Gasteiger partial charge in [-0.05, 0) is 34.6 Å². The molecule has 0 saturated heterocycles. The Labute approximate surface area is 95.0 Å². The van der Waals surface area contributed by atoms with Gasteiger partial charge in [-0.1, -0.05) is 0 Å². The number of hydrogen-bond acceptors (Lipinski definition) is 5. The largest absolute Gasteiger partial charge is 0.508 e. The van der Waals surface area contributed by atoms with Crippen LogP contribution in [0.1, 0.15) is 34.6 Å². The van der Waals surface area contributed by atoms with Gasteiger partial charge in [0.2, 0.25) is 0 Å². The topological polar surface area (TPSA) is 87.8 Å². The Morgan fingerprint density at radius 2 is 1.56 bits per heavy atom. The molecule has 0 aliphatic carbocycles. The molecule has 0 aliphatic heterocycles. The van der Waals surface area contributed by atoms with Crippen molar-refractivity contribution in [2.75, 3.05) is 6.61 Å². The summed E-state index contributed by atoms with van der Waals surface area (Å²) in [6.07, 6.45) is -1.73. The van der Waals surface area contributed by atoms with Crippen LogP contribution in [0.15, 0.2) is 0 Å². The van der Waals surface area contributed by atoms with Crippen LogP contribution >= 0.6 is 0 Å². The van der Waals surface area contributed by atoms with E-state index in [1.54, 1.807) is 34.6 Å². The molecule has 0 fully saturated rings. The molecule has 0 aromatic heterocycles. The van der Waals surface area contributed by atoms with E-state index in [2.05, 4.69) is 0 Å². The van der Waals surface area contributed by atoms with Crippen LogP contribution in [0.4, 0.5) is 9.59 Å². The number of rotatable bonds is 3. The Balaban J connectivity index is 4.05. The van der Waals surface area contributed by atoms with Crippen LogP contribution in [-0.4, -0.2) is 30.1 Å². The van der Waals surface area contributed by atoms with Crippen LogP contribution in [0.2, 0.25) is 0 Å². The summed E-state index contributed by atoms with van der Waals surface area (Å²) in [7, 11) is 0. The predicted octanol–water partition coefficient (Wildman–Crippen LogP) is 1.81. The first-order valence-corrected chi connectivity index (χ1v) is 4.86. The summed E-state index contributed by atoms with van der Waals surface area (Å²) in [5.41, 5.74) is 3.27. The third-order valence-corrected chi connectivity index (χ3v) is 1.30. The number of carbonyl (C=O) groups is 2. The molecule has 0 spiro atoms. The van der Waals surface area contributed by atoms with E-state index in [1.807, 2.05) is 0 Å². The first-order chi connectivity index (χ1) is 7.02. The first kappa shape index (κ1) is 14.5. The molecule has 0 unspecified atom stereocenters. The van der Waals surface area contributed by atoms with Gasteiger partial charge in [-0.15, -0.1) is 0 Å². The minimum absolute atomic E-state index is 0.120. The molecule has 0 radical (unpaired) electrons. The Morgan fingerprint density at radius 3 is 1.94 bits per heavy atom. The number of nitrogens with two attached hydrogens (primary N) is 1. The van der Waals surface area contributed by atoms with Crippen molar-refractivity contribution in [2.45, 2.75) is 45.8 Å². The Bertz CT molecular complexity index is 267. The second-order valence-corrected chi connectivity index (χ2v) is 4.93. The zero-order chi connectivity index (χ0) is 13.0. The monoisotopic (exact) mass is 233 g/mol. The van der Waals surface area contributed by atoms with Crippen molar-refractivity contribution in [3.05, 3.63) is 0 Å². The molecule has 2 N–H and O–H groups in total. The first-order valence-electron chi connectivity index (χ1n) is 4.86. The zero-order valence-electron chi connectivity index (χ0n) is 10.3. The molecule has 6 heteroatoms. The highest BCUT2D eigenvalue weighted by Crippen LogP contribution is 2.12. The van der Waals surface area contributed by atoms with Gasteiger partial charge in [-0.2, -0.15) is 0 Å². The van der Waals surface area contributed by atoms with E-state index in [0.29, 0.717) is 0 Å². The molecule has 6 nitrogen and oxygen atoms in total. The maximum Gasteiger partial charge on any atom is 0.508 e. The van der Waals surface area contributed by atoms with Crippen LogP contribution in [0, 0.1) is 0 Å². The maximum atomic E-state index is 11.2. The van der Waals surface area contributed by atoms with Gasteiger partial charge in [-0.25, -0.2) is 9.59 Å². The maximum absolute atomic E-state index is 11.2. The number of ether oxygens (including phenoxy) is 3. The number of hydrogen-bond donors (Lipinski definition) is 1. The van der Waals surface area contributed by atoms with Crippen molar-refractivity contribution in [1.29, 1.82) is 0 Å². The van der Waals surface area contributed by atoms with Crippen LogP contribution < -0.4 is 5.73 Å². The molecule has 0 rings (SSSR count). The van der Waals surface area contributed by atoms with Crippen LogP contribution in [0.25, 0.3) is 0 Å². The van der Waals surface area contributed by atoms with Gasteiger partial charge in [0.15, 0.2) is 0 Å². The van der Waals surface area contributed by atoms with E-state index in [1.165, 1.54) is 0 Å². The second-order valence-electron chi connectivity index (χ2n) is 4.93. The van der Waals surface area contributed by atoms with Crippen LogP contribution in [0.3, 0.4) is 0 Å². The van der Waals surface area contributed by atoms with Gasteiger partial charge in [0.05, 0.1) is 0 Å². The van der Waals surface area contributed by atoms with Gasteiger partial charge in [0.1, 0.15) is 17.8 Å². The molecule has 0 atom stereocenters. The standard InChI is InChI=1S/C10H19NO5/c1-9(2,3)16-8(13)14-6-10(4,5)15-7(11)12/h6H2,1-5H3,(H2,11,12). The smallest absolute Gasteiger partial charge is 0.440 e.